The Hall–Kier alpha value is -2.24. The SMILES string of the molecule is C=CCC(O)(CC=C)CNC1CCCN(c2nc(C)c3ccc(C)cc3n2)CC1. The molecule has 1 unspecified atom stereocenters. The van der Waals surface area contributed by atoms with Crippen molar-refractivity contribution in [1.29, 1.82) is 0 Å². The summed E-state index contributed by atoms with van der Waals surface area (Å²) in [5.41, 5.74) is 2.47. The lowest BCUT2D eigenvalue weighted by atomic mass is 9.94. The number of benzene rings is 1. The number of aromatic nitrogens is 2. The third-order valence-corrected chi connectivity index (χ3v) is 5.81. The van der Waals surface area contributed by atoms with Crippen molar-refractivity contribution in [2.75, 3.05) is 24.5 Å². The van der Waals surface area contributed by atoms with Gasteiger partial charge in [-0.15, -0.1) is 13.2 Å². The first-order chi connectivity index (χ1) is 13.9. The minimum absolute atomic E-state index is 0.380. The molecule has 156 valence electrons. The monoisotopic (exact) mass is 394 g/mol. The normalized spacial score (nSPS) is 17.9. The van der Waals surface area contributed by atoms with Gasteiger partial charge in [0.25, 0.3) is 0 Å². The minimum Gasteiger partial charge on any atom is -0.388 e. The molecule has 0 amide bonds. The Bertz CT molecular complexity index is 853. The Balaban J connectivity index is 1.66. The molecule has 0 saturated carbocycles. The van der Waals surface area contributed by atoms with Crippen molar-refractivity contribution in [3.63, 3.8) is 0 Å². The van der Waals surface area contributed by atoms with E-state index < -0.39 is 5.60 Å². The van der Waals surface area contributed by atoms with Gasteiger partial charge in [-0.25, -0.2) is 9.97 Å². The number of aliphatic hydroxyl groups is 1. The Morgan fingerprint density at radius 1 is 1.17 bits per heavy atom. The zero-order chi connectivity index (χ0) is 20.9. The Kier molecular flexibility index (Phi) is 7.04. The van der Waals surface area contributed by atoms with Crippen LogP contribution < -0.4 is 10.2 Å². The van der Waals surface area contributed by atoms with Gasteiger partial charge in [-0.3, -0.25) is 0 Å². The van der Waals surface area contributed by atoms with E-state index in [-0.39, 0.29) is 0 Å². The highest BCUT2D eigenvalue weighted by molar-refractivity contribution is 5.82. The van der Waals surface area contributed by atoms with Crippen molar-refractivity contribution in [2.24, 2.45) is 0 Å². The lowest BCUT2D eigenvalue weighted by molar-refractivity contribution is 0.0430. The molecule has 1 aliphatic heterocycles. The van der Waals surface area contributed by atoms with E-state index in [4.69, 9.17) is 9.97 Å². The van der Waals surface area contributed by atoms with Gasteiger partial charge in [-0.2, -0.15) is 0 Å². The Morgan fingerprint density at radius 2 is 1.93 bits per heavy atom. The molecule has 1 atom stereocenters. The molecule has 5 heteroatoms. The first kappa shape index (κ1) is 21.5. The predicted octanol–water partition coefficient (Wildman–Crippen LogP) is 4.08. The largest absolute Gasteiger partial charge is 0.388 e. The molecule has 1 aromatic heterocycles. The highest BCUT2D eigenvalue weighted by Gasteiger charge is 2.26. The highest BCUT2D eigenvalue weighted by atomic mass is 16.3. The Labute approximate surface area is 174 Å². The van der Waals surface area contributed by atoms with Crippen LogP contribution in [0.3, 0.4) is 0 Å². The van der Waals surface area contributed by atoms with Crippen LogP contribution in [-0.2, 0) is 0 Å². The third kappa shape index (κ3) is 5.43. The fourth-order valence-corrected chi connectivity index (χ4v) is 4.12. The lowest BCUT2D eigenvalue weighted by Gasteiger charge is -2.29. The molecule has 0 bridgehead atoms. The van der Waals surface area contributed by atoms with Crippen molar-refractivity contribution < 1.29 is 5.11 Å². The van der Waals surface area contributed by atoms with Crippen LogP contribution in [0, 0.1) is 13.8 Å². The van der Waals surface area contributed by atoms with Crippen LogP contribution in [-0.4, -0.2) is 46.4 Å². The lowest BCUT2D eigenvalue weighted by Crippen LogP contribution is -2.44. The van der Waals surface area contributed by atoms with Gasteiger partial charge in [0.15, 0.2) is 0 Å². The fraction of sp³-hybridized carbons (Fsp3) is 0.500. The number of rotatable bonds is 8. The number of aryl methyl sites for hydroxylation is 2. The maximum atomic E-state index is 10.8. The molecule has 1 fully saturated rings. The highest BCUT2D eigenvalue weighted by Crippen LogP contribution is 2.23. The van der Waals surface area contributed by atoms with Crippen LogP contribution in [0.5, 0.6) is 0 Å². The van der Waals surface area contributed by atoms with Gasteiger partial charge in [-0.1, -0.05) is 24.3 Å². The van der Waals surface area contributed by atoms with E-state index in [9.17, 15) is 5.11 Å². The maximum absolute atomic E-state index is 10.8. The zero-order valence-corrected chi connectivity index (χ0v) is 17.8. The van der Waals surface area contributed by atoms with E-state index >= 15 is 0 Å². The Morgan fingerprint density at radius 3 is 2.66 bits per heavy atom. The van der Waals surface area contributed by atoms with Crippen molar-refractivity contribution in [3.05, 3.63) is 54.8 Å². The van der Waals surface area contributed by atoms with E-state index in [1.807, 2.05) is 0 Å². The van der Waals surface area contributed by atoms with Crippen molar-refractivity contribution in [1.82, 2.24) is 15.3 Å². The summed E-state index contributed by atoms with van der Waals surface area (Å²) in [6.45, 7) is 14.1. The van der Waals surface area contributed by atoms with Crippen LogP contribution in [0.15, 0.2) is 43.5 Å². The molecule has 0 radical (unpaired) electrons. The molecule has 5 nitrogen and oxygen atoms in total. The molecule has 1 aliphatic rings. The summed E-state index contributed by atoms with van der Waals surface area (Å²) >= 11 is 0. The van der Waals surface area contributed by atoms with Crippen molar-refractivity contribution >= 4 is 16.9 Å². The number of nitrogens with one attached hydrogen (secondary N) is 1. The number of nitrogens with zero attached hydrogens (tertiary/aromatic N) is 3. The van der Waals surface area contributed by atoms with Crippen LogP contribution in [0.25, 0.3) is 10.9 Å². The quantitative estimate of drug-likeness (QED) is 0.661. The van der Waals surface area contributed by atoms with Crippen LogP contribution in [0.4, 0.5) is 5.95 Å². The minimum atomic E-state index is -0.800. The summed E-state index contributed by atoms with van der Waals surface area (Å²) in [6, 6.07) is 6.74. The second-order valence-corrected chi connectivity index (χ2v) is 8.34. The standard InChI is InChI=1S/C24H34N4O/c1-5-12-24(29,13-6-2)17-25-20-8-7-14-28(15-11-20)23-26-19(4)21-10-9-18(3)16-22(21)27-23/h5-6,9-10,16,20,25,29H,1-2,7-8,11-15,17H2,3-4H3. The third-order valence-electron chi connectivity index (χ3n) is 5.81. The number of fused-ring (bicyclic) bond motifs is 1. The summed E-state index contributed by atoms with van der Waals surface area (Å²) in [5, 5.41) is 15.5. The topological polar surface area (TPSA) is 61.3 Å². The van der Waals surface area contributed by atoms with Crippen LogP contribution in [0.1, 0.15) is 43.4 Å². The first-order valence-electron chi connectivity index (χ1n) is 10.6. The molecule has 2 aromatic rings. The summed E-state index contributed by atoms with van der Waals surface area (Å²) in [6.07, 6.45) is 7.85. The first-order valence-corrected chi connectivity index (χ1v) is 10.6. The molecular weight excluding hydrogens is 360 g/mol. The smallest absolute Gasteiger partial charge is 0.226 e. The molecule has 1 aromatic carbocycles. The summed E-state index contributed by atoms with van der Waals surface area (Å²) < 4.78 is 0. The van der Waals surface area contributed by atoms with Gasteiger partial charge in [0.1, 0.15) is 0 Å². The fourth-order valence-electron chi connectivity index (χ4n) is 4.12. The summed E-state index contributed by atoms with van der Waals surface area (Å²) in [5.74, 6) is 0.830. The molecule has 2 N–H and O–H groups in total. The number of hydrogen-bond acceptors (Lipinski definition) is 5. The maximum Gasteiger partial charge on any atom is 0.226 e. The van der Waals surface area contributed by atoms with Crippen LogP contribution >= 0.6 is 0 Å². The van der Waals surface area contributed by atoms with Gasteiger partial charge >= 0.3 is 0 Å². The second kappa shape index (κ2) is 9.51. The number of anilines is 1. The van der Waals surface area contributed by atoms with Gasteiger partial charge in [0, 0.05) is 31.1 Å². The van der Waals surface area contributed by atoms with E-state index in [0.717, 1.165) is 54.9 Å². The van der Waals surface area contributed by atoms with Gasteiger partial charge in [-0.05, 0) is 57.6 Å². The molecule has 3 rings (SSSR count). The summed E-state index contributed by atoms with van der Waals surface area (Å²) in [7, 11) is 0. The molecular formula is C24H34N4O. The van der Waals surface area contributed by atoms with Crippen LogP contribution in [0.2, 0.25) is 0 Å². The number of hydrogen-bond donors (Lipinski definition) is 2. The van der Waals surface area contributed by atoms with E-state index in [1.165, 1.54) is 5.56 Å². The van der Waals surface area contributed by atoms with Gasteiger partial charge in [0.2, 0.25) is 5.95 Å². The van der Waals surface area contributed by atoms with E-state index in [0.29, 0.717) is 25.4 Å². The second-order valence-electron chi connectivity index (χ2n) is 8.34. The molecule has 0 aliphatic carbocycles. The average Bonchev–Trinajstić information content (AvgIpc) is 2.92. The van der Waals surface area contributed by atoms with Crippen molar-refractivity contribution in [3.8, 4) is 0 Å². The average molecular weight is 395 g/mol. The molecule has 29 heavy (non-hydrogen) atoms. The zero-order valence-electron chi connectivity index (χ0n) is 17.8. The summed E-state index contributed by atoms with van der Waals surface area (Å²) in [4.78, 5) is 11.9. The molecule has 2 heterocycles. The van der Waals surface area contributed by atoms with Gasteiger partial charge < -0.3 is 15.3 Å². The van der Waals surface area contributed by atoms with Crippen molar-refractivity contribution in [2.45, 2.75) is 57.6 Å². The molecule has 0 spiro atoms. The van der Waals surface area contributed by atoms with Gasteiger partial charge in [0.05, 0.1) is 16.8 Å². The van der Waals surface area contributed by atoms with E-state index in [2.05, 4.69) is 55.4 Å². The molecule has 1 saturated heterocycles. The van der Waals surface area contributed by atoms with E-state index in [1.54, 1.807) is 12.2 Å². The predicted molar refractivity (Wildman–Crippen MR) is 121 cm³/mol.